The molecule has 0 spiro atoms. The molecule has 0 unspecified atom stereocenters. The molecule has 1 amide bonds. The summed E-state index contributed by atoms with van der Waals surface area (Å²) in [5, 5.41) is 3.01. The fourth-order valence-corrected chi connectivity index (χ4v) is 3.64. The molecule has 1 aliphatic rings. The van der Waals surface area contributed by atoms with Gasteiger partial charge in [0, 0.05) is 35.9 Å². The van der Waals surface area contributed by atoms with Crippen LogP contribution in [0.4, 0.5) is 0 Å². The molecule has 0 atom stereocenters. The molecule has 4 nitrogen and oxygen atoms in total. The first-order valence-corrected chi connectivity index (χ1v) is 8.84. The molecule has 23 heavy (non-hydrogen) atoms. The van der Waals surface area contributed by atoms with Crippen LogP contribution in [0.5, 0.6) is 0 Å². The van der Waals surface area contributed by atoms with Crippen molar-refractivity contribution in [1.82, 2.24) is 10.2 Å². The van der Waals surface area contributed by atoms with E-state index in [1.165, 1.54) is 10.4 Å². The average Bonchev–Trinajstić information content (AvgIpc) is 3.05. The van der Waals surface area contributed by atoms with Crippen LogP contribution in [0, 0.1) is 0 Å². The lowest BCUT2D eigenvalue weighted by atomic mass is 10.2. The zero-order chi connectivity index (χ0) is 15.9. The van der Waals surface area contributed by atoms with E-state index < -0.39 is 0 Å². The van der Waals surface area contributed by atoms with Gasteiger partial charge in [0.05, 0.1) is 19.6 Å². The van der Waals surface area contributed by atoms with E-state index in [4.69, 9.17) is 4.74 Å². The highest BCUT2D eigenvalue weighted by Crippen LogP contribution is 2.27. The van der Waals surface area contributed by atoms with Crippen molar-refractivity contribution in [2.24, 2.45) is 0 Å². The number of rotatable bonds is 6. The summed E-state index contributed by atoms with van der Waals surface area (Å²) >= 11 is 1.69. The topological polar surface area (TPSA) is 41.6 Å². The maximum atomic E-state index is 12.1. The van der Waals surface area contributed by atoms with Gasteiger partial charge < -0.3 is 10.1 Å². The number of thiophene rings is 1. The van der Waals surface area contributed by atoms with Gasteiger partial charge >= 0.3 is 0 Å². The molecule has 2 aromatic rings. The number of carbonyl (C=O) groups is 1. The van der Waals surface area contributed by atoms with Crippen molar-refractivity contribution in [3.63, 3.8) is 0 Å². The summed E-state index contributed by atoms with van der Waals surface area (Å²) in [6.07, 6.45) is 0.459. The third-order valence-electron chi connectivity index (χ3n) is 3.91. The molecule has 2 heterocycles. The number of carbonyl (C=O) groups excluding carboxylic acids is 1. The summed E-state index contributed by atoms with van der Waals surface area (Å²) < 4.78 is 5.32. The van der Waals surface area contributed by atoms with Crippen molar-refractivity contribution in [3.8, 4) is 10.4 Å². The maximum Gasteiger partial charge on any atom is 0.225 e. The standard InChI is InChI=1S/C18H22N2O2S/c21-18(19-8-9-20-10-12-22-13-11-20)14-16-6-7-17(23-16)15-4-2-1-3-5-15/h1-7H,8-14H2,(H,19,21). The van der Waals surface area contributed by atoms with Crippen LogP contribution in [-0.2, 0) is 16.0 Å². The van der Waals surface area contributed by atoms with Gasteiger partial charge in [-0.05, 0) is 17.7 Å². The zero-order valence-corrected chi connectivity index (χ0v) is 14.0. The van der Waals surface area contributed by atoms with E-state index in [9.17, 15) is 4.79 Å². The molecule has 0 saturated carbocycles. The molecule has 5 heteroatoms. The summed E-state index contributed by atoms with van der Waals surface area (Å²) in [5.74, 6) is 0.0970. The van der Waals surface area contributed by atoms with Gasteiger partial charge in [-0.25, -0.2) is 0 Å². The Morgan fingerprint density at radius 3 is 2.70 bits per heavy atom. The fraction of sp³-hybridized carbons (Fsp3) is 0.389. The molecule has 1 fully saturated rings. The van der Waals surface area contributed by atoms with Crippen LogP contribution in [0.2, 0.25) is 0 Å². The first-order chi connectivity index (χ1) is 11.3. The van der Waals surface area contributed by atoms with Gasteiger partial charge in [-0.15, -0.1) is 11.3 Å². The summed E-state index contributed by atoms with van der Waals surface area (Å²) in [5.41, 5.74) is 1.21. The van der Waals surface area contributed by atoms with Crippen LogP contribution in [0.1, 0.15) is 4.88 Å². The minimum atomic E-state index is 0.0970. The average molecular weight is 330 g/mol. The van der Waals surface area contributed by atoms with Gasteiger partial charge in [0.15, 0.2) is 0 Å². The van der Waals surface area contributed by atoms with Crippen molar-refractivity contribution in [2.75, 3.05) is 39.4 Å². The van der Waals surface area contributed by atoms with Gasteiger partial charge in [-0.2, -0.15) is 0 Å². The quantitative estimate of drug-likeness (QED) is 0.884. The zero-order valence-electron chi connectivity index (χ0n) is 13.2. The number of amides is 1. The number of hydrogen-bond donors (Lipinski definition) is 1. The van der Waals surface area contributed by atoms with Gasteiger partial charge in [-0.3, -0.25) is 9.69 Å². The van der Waals surface area contributed by atoms with Gasteiger partial charge in [0.25, 0.3) is 0 Å². The SMILES string of the molecule is O=C(Cc1ccc(-c2ccccc2)s1)NCCN1CCOCC1. The molecule has 1 N–H and O–H groups in total. The largest absolute Gasteiger partial charge is 0.379 e. The summed E-state index contributed by atoms with van der Waals surface area (Å²) in [6.45, 7) is 5.11. The Morgan fingerprint density at radius 1 is 1.13 bits per heavy atom. The van der Waals surface area contributed by atoms with Crippen LogP contribution in [0.25, 0.3) is 10.4 Å². The molecule has 3 rings (SSSR count). The van der Waals surface area contributed by atoms with E-state index in [1.807, 2.05) is 18.2 Å². The lowest BCUT2D eigenvalue weighted by molar-refractivity contribution is -0.120. The summed E-state index contributed by atoms with van der Waals surface area (Å²) in [6, 6.07) is 14.4. The Bertz CT molecular complexity index is 621. The van der Waals surface area contributed by atoms with E-state index in [0.717, 1.165) is 37.7 Å². The molecule has 0 aliphatic carbocycles. The van der Waals surface area contributed by atoms with Crippen LogP contribution < -0.4 is 5.32 Å². The minimum absolute atomic E-state index is 0.0970. The minimum Gasteiger partial charge on any atom is -0.379 e. The Labute approximate surface area is 141 Å². The van der Waals surface area contributed by atoms with Crippen LogP contribution in [-0.4, -0.2) is 50.2 Å². The molecule has 1 aromatic heterocycles. The number of nitrogens with one attached hydrogen (secondary N) is 1. The third-order valence-corrected chi connectivity index (χ3v) is 5.04. The predicted molar refractivity (Wildman–Crippen MR) is 93.7 cm³/mol. The molecular formula is C18H22N2O2S. The van der Waals surface area contributed by atoms with Gasteiger partial charge in [0.1, 0.15) is 0 Å². The van der Waals surface area contributed by atoms with Crippen molar-refractivity contribution < 1.29 is 9.53 Å². The summed E-state index contributed by atoms with van der Waals surface area (Å²) in [7, 11) is 0. The van der Waals surface area contributed by atoms with Gasteiger partial charge in [-0.1, -0.05) is 30.3 Å². The number of benzene rings is 1. The first-order valence-electron chi connectivity index (χ1n) is 8.02. The predicted octanol–water partition coefficient (Wildman–Crippen LogP) is 2.41. The third kappa shape index (κ3) is 4.89. The van der Waals surface area contributed by atoms with Crippen LogP contribution in [0.15, 0.2) is 42.5 Å². The monoisotopic (exact) mass is 330 g/mol. The number of hydrogen-bond acceptors (Lipinski definition) is 4. The highest BCUT2D eigenvalue weighted by atomic mass is 32.1. The highest BCUT2D eigenvalue weighted by molar-refractivity contribution is 7.15. The second kappa shape index (κ2) is 8.24. The van der Waals surface area contributed by atoms with E-state index in [2.05, 4.69) is 34.5 Å². The number of ether oxygens (including phenoxy) is 1. The van der Waals surface area contributed by atoms with Crippen LogP contribution >= 0.6 is 11.3 Å². The van der Waals surface area contributed by atoms with Gasteiger partial charge in [0.2, 0.25) is 5.91 Å². The molecule has 1 aromatic carbocycles. The van der Waals surface area contributed by atoms with E-state index in [0.29, 0.717) is 13.0 Å². The lowest BCUT2D eigenvalue weighted by Gasteiger charge is -2.26. The number of nitrogens with zero attached hydrogens (tertiary/aromatic N) is 1. The molecule has 1 aliphatic heterocycles. The molecule has 122 valence electrons. The van der Waals surface area contributed by atoms with Crippen molar-refractivity contribution in [1.29, 1.82) is 0 Å². The Balaban J connectivity index is 1.44. The highest BCUT2D eigenvalue weighted by Gasteiger charge is 2.11. The smallest absolute Gasteiger partial charge is 0.225 e. The Morgan fingerprint density at radius 2 is 1.91 bits per heavy atom. The molecule has 0 radical (unpaired) electrons. The second-order valence-electron chi connectivity index (χ2n) is 5.61. The van der Waals surface area contributed by atoms with Crippen molar-refractivity contribution in [3.05, 3.63) is 47.3 Å². The van der Waals surface area contributed by atoms with Crippen molar-refractivity contribution >= 4 is 17.2 Å². The van der Waals surface area contributed by atoms with Crippen molar-refractivity contribution in [2.45, 2.75) is 6.42 Å². The number of morpholine rings is 1. The van der Waals surface area contributed by atoms with Crippen LogP contribution in [0.3, 0.4) is 0 Å². The molecule has 1 saturated heterocycles. The van der Waals surface area contributed by atoms with E-state index >= 15 is 0 Å². The van der Waals surface area contributed by atoms with E-state index in [1.54, 1.807) is 11.3 Å². The van der Waals surface area contributed by atoms with E-state index in [-0.39, 0.29) is 5.91 Å². The second-order valence-corrected chi connectivity index (χ2v) is 6.78. The lowest BCUT2D eigenvalue weighted by Crippen LogP contribution is -2.41. The molecular weight excluding hydrogens is 308 g/mol. The Kier molecular flexibility index (Phi) is 5.80. The first kappa shape index (κ1) is 16.2. The molecule has 0 bridgehead atoms. The maximum absolute atomic E-state index is 12.1. The normalized spacial score (nSPS) is 15.5. The summed E-state index contributed by atoms with van der Waals surface area (Å²) in [4.78, 5) is 16.7. The Hall–Kier alpha value is -1.69. The fourth-order valence-electron chi connectivity index (χ4n) is 2.63.